The van der Waals surface area contributed by atoms with E-state index in [2.05, 4.69) is 37.9 Å². The molecule has 0 aromatic heterocycles. The van der Waals surface area contributed by atoms with Crippen LogP contribution < -0.4 is 10.4 Å². The van der Waals surface area contributed by atoms with E-state index in [4.69, 9.17) is 0 Å². The van der Waals surface area contributed by atoms with Gasteiger partial charge in [-0.3, -0.25) is 4.99 Å². The fraction of sp³-hybridized carbons (Fsp3) is 0.0455. The van der Waals surface area contributed by atoms with Gasteiger partial charge in [0.2, 0.25) is 0 Å². The second-order valence-corrected chi connectivity index (χ2v) is 6.21. The van der Waals surface area contributed by atoms with Crippen LogP contribution in [0.4, 0.5) is 0 Å². The summed E-state index contributed by atoms with van der Waals surface area (Å²) in [5, 5.41) is 3.51. The molecule has 0 saturated heterocycles. The van der Waals surface area contributed by atoms with Gasteiger partial charge in [0.15, 0.2) is 0 Å². The molecule has 1 nitrogen and oxygen atoms in total. The van der Waals surface area contributed by atoms with Gasteiger partial charge in [0.1, 0.15) is 0 Å². The van der Waals surface area contributed by atoms with Gasteiger partial charge in [0, 0.05) is 16.7 Å². The van der Waals surface area contributed by atoms with Gasteiger partial charge >= 0.3 is 0 Å². The Labute approximate surface area is 149 Å². The Morgan fingerprint density at radius 2 is 1.71 bits per heavy atom. The summed E-state index contributed by atoms with van der Waals surface area (Å²) < 4.78 is 0. The van der Waals surface area contributed by atoms with Crippen molar-refractivity contribution in [2.75, 3.05) is 0 Å². The molecule has 0 spiro atoms. The molecule has 0 aliphatic heterocycles. The molecule has 0 atom stereocenters. The molecule has 1 rings (SSSR count). The van der Waals surface area contributed by atoms with E-state index in [-0.39, 0.29) is 0 Å². The normalized spacial score (nSPS) is 11.0. The molecule has 0 fully saturated rings. The van der Waals surface area contributed by atoms with Crippen molar-refractivity contribution in [3.63, 3.8) is 0 Å². The summed E-state index contributed by atoms with van der Waals surface area (Å²) in [5.74, 6) is 0. The first kappa shape index (κ1) is 19.5. The topological polar surface area (TPSA) is 12.4 Å². The average Bonchev–Trinajstić information content (AvgIpc) is 2.52. The van der Waals surface area contributed by atoms with Gasteiger partial charge in [0.05, 0.1) is 5.71 Å². The summed E-state index contributed by atoms with van der Waals surface area (Å²) in [4.78, 5) is 5.37. The lowest BCUT2D eigenvalue weighted by molar-refractivity contribution is 1.47. The second kappa shape index (κ2) is 10.2. The third-order valence-corrected chi connectivity index (χ3v) is 3.52. The highest BCUT2D eigenvalue weighted by Gasteiger charge is 2.06. The zero-order chi connectivity index (χ0) is 17.9. The van der Waals surface area contributed by atoms with Crippen LogP contribution in [0.15, 0.2) is 95.4 Å². The number of allylic oxidation sites excluding steroid dienone is 3. The van der Waals surface area contributed by atoms with E-state index in [1.54, 1.807) is 11.6 Å². The molecule has 0 saturated carbocycles. The van der Waals surface area contributed by atoms with Gasteiger partial charge in [-0.2, -0.15) is 0 Å². The number of hydrogen-bond donors (Lipinski definition) is 0. The zero-order valence-electron chi connectivity index (χ0n) is 14.2. The molecule has 24 heavy (non-hydrogen) atoms. The van der Waals surface area contributed by atoms with E-state index in [0.717, 1.165) is 32.2 Å². The number of rotatable bonds is 6. The Balaban J connectivity index is 3.62. The first-order valence-electron chi connectivity index (χ1n) is 7.43. The molecule has 0 bridgehead atoms. The maximum Gasteiger partial charge on any atom is 0.0835 e. The average molecular weight is 334 g/mol. The van der Waals surface area contributed by atoms with Gasteiger partial charge in [-0.05, 0) is 34.9 Å². The summed E-state index contributed by atoms with van der Waals surface area (Å²) in [6.45, 7) is 21.7. The Morgan fingerprint density at radius 1 is 1.04 bits per heavy atom. The van der Waals surface area contributed by atoms with Gasteiger partial charge in [-0.1, -0.05) is 86.6 Å². The predicted molar refractivity (Wildman–Crippen MR) is 112 cm³/mol. The lowest BCUT2D eigenvalue weighted by Gasteiger charge is -2.06. The van der Waals surface area contributed by atoms with Crippen molar-refractivity contribution in [3.05, 3.63) is 106 Å². The minimum Gasteiger partial charge on any atom is -0.255 e. The fourth-order valence-corrected chi connectivity index (χ4v) is 2.24. The van der Waals surface area contributed by atoms with Crippen LogP contribution in [0.2, 0.25) is 0 Å². The first-order valence-corrected chi connectivity index (χ1v) is 8.31. The van der Waals surface area contributed by atoms with Gasteiger partial charge < -0.3 is 0 Å². The Morgan fingerprint density at radius 3 is 2.33 bits per heavy atom. The van der Waals surface area contributed by atoms with Crippen molar-refractivity contribution in [1.82, 2.24) is 0 Å². The molecule has 0 aliphatic carbocycles. The van der Waals surface area contributed by atoms with Crippen LogP contribution in [-0.4, -0.2) is 5.71 Å². The minimum absolute atomic E-state index is 0.764. The van der Waals surface area contributed by atoms with Crippen LogP contribution in [0.1, 0.15) is 12.5 Å². The summed E-state index contributed by atoms with van der Waals surface area (Å²) in [6.07, 6.45) is 3.58. The van der Waals surface area contributed by atoms with E-state index < -0.39 is 0 Å². The van der Waals surface area contributed by atoms with E-state index in [9.17, 15) is 0 Å². The smallest absolute Gasteiger partial charge is 0.0835 e. The largest absolute Gasteiger partial charge is 0.255 e. The molecule has 0 unspecified atom stereocenters. The minimum atomic E-state index is 0.764. The standard InChI is InChI=1S/C22H23NS/c1-7-24-20(6)22(23-15-14-17(2)3)21-13-12-18(4)10-8-9-11-19(5)16-21/h7-16H,1-2,4-6H2,3H3/b10-8?,11-9?,13-12?,15-14-,21-16?,23-22?. The van der Waals surface area contributed by atoms with E-state index >= 15 is 0 Å². The second-order valence-electron chi connectivity index (χ2n) is 5.15. The van der Waals surface area contributed by atoms with Crippen molar-refractivity contribution >= 4 is 30.6 Å². The van der Waals surface area contributed by atoms with Crippen LogP contribution in [0.5, 0.6) is 0 Å². The lowest BCUT2D eigenvalue weighted by Crippen LogP contribution is -2.05. The molecule has 0 amide bonds. The lowest BCUT2D eigenvalue weighted by atomic mass is 10.1. The first-order chi connectivity index (χ1) is 11.4. The molecule has 122 valence electrons. The van der Waals surface area contributed by atoms with E-state index in [0.29, 0.717) is 0 Å². The molecule has 1 aromatic carbocycles. The van der Waals surface area contributed by atoms with E-state index in [1.165, 1.54) is 11.8 Å². The van der Waals surface area contributed by atoms with Crippen LogP contribution in [0, 0.1) is 0 Å². The maximum atomic E-state index is 4.57. The number of aliphatic imine (C=N–C) groups is 1. The van der Waals surface area contributed by atoms with Gasteiger partial charge in [-0.15, -0.1) is 0 Å². The van der Waals surface area contributed by atoms with E-state index in [1.807, 2.05) is 55.5 Å². The van der Waals surface area contributed by atoms with Crippen molar-refractivity contribution in [2.45, 2.75) is 6.92 Å². The highest BCUT2D eigenvalue weighted by atomic mass is 32.2. The Hall–Kier alpha value is -2.58. The van der Waals surface area contributed by atoms with Crippen molar-refractivity contribution in [2.24, 2.45) is 4.99 Å². The molecule has 2 heteroatoms. The summed E-state index contributed by atoms with van der Waals surface area (Å²) in [7, 11) is 0. The number of hydrogen-bond acceptors (Lipinski definition) is 2. The van der Waals surface area contributed by atoms with Crippen molar-refractivity contribution < 1.29 is 0 Å². The third kappa shape index (κ3) is 7.12. The molecular formula is C22H23NS. The highest BCUT2D eigenvalue weighted by Crippen LogP contribution is 2.19. The molecule has 0 aliphatic rings. The van der Waals surface area contributed by atoms with Crippen LogP contribution in [-0.2, 0) is 0 Å². The summed E-state index contributed by atoms with van der Waals surface area (Å²) in [6, 6.07) is 13.6. The Kier molecular flexibility index (Phi) is 8.31. The highest BCUT2D eigenvalue weighted by molar-refractivity contribution is 8.06. The van der Waals surface area contributed by atoms with Crippen molar-refractivity contribution in [3.8, 4) is 0 Å². The monoisotopic (exact) mass is 333 g/mol. The van der Waals surface area contributed by atoms with Crippen LogP contribution in [0.25, 0.3) is 13.2 Å². The third-order valence-electron chi connectivity index (χ3n) is 2.88. The molecule has 0 heterocycles. The molecular weight excluding hydrogens is 310 g/mol. The summed E-state index contributed by atoms with van der Waals surface area (Å²) >= 11 is 1.44. The number of thioether (sulfide) groups is 1. The zero-order valence-corrected chi connectivity index (χ0v) is 15.0. The summed E-state index contributed by atoms with van der Waals surface area (Å²) in [5.41, 5.74) is 2.61. The quantitative estimate of drug-likeness (QED) is 0.533. The van der Waals surface area contributed by atoms with Gasteiger partial charge in [-0.25, -0.2) is 0 Å². The van der Waals surface area contributed by atoms with Crippen molar-refractivity contribution in [1.29, 1.82) is 0 Å². The van der Waals surface area contributed by atoms with Gasteiger partial charge in [0.25, 0.3) is 0 Å². The maximum absolute atomic E-state index is 4.57. The molecule has 0 N–H and O–H groups in total. The Bertz CT molecular complexity index is 842. The molecule has 0 radical (unpaired) electrons. The fourth-order valence-electron chi connectivity index (χ4n) is 1.76. The molecule has 1 aromatic rings. The van der Waals surface area contributed by atoms with Crippen LogP contribution in [0.3, 0.4) is 0 Å². The predicted octanol–water partition coefficient (Wildman–Crippen LogP) is 4.90. The van der Waals surface area contributed by atoms with Crippen LogP contribution >= 0.6 is 11.8 Å². The number of nitrogens with zero attached hydrogens (tertiary/aromatic N) is 1. The SMILES string of the molecule is C=CSC(=C)C(=N/C=C\C(=C)C)c1ccc(=C)ccccc(=C)c1.